The largest absolute Gasteiger partial charge is 0.326 e. The number of nitro benzene ring substituents is 1. The van der Waals surface area contributed by atoms with Crippen LogP contribution in [0.5, 0.6) is 0 Å². The van der Waals surface area contributed by atoms with E-state index in [1.54, 1.807) is 6.07 Å². The number of rotatable bonds is 6. The van der Waals surface area contributed by atoms with Gasteiger partial charge in [-0.15, -0.1) is 0 Å². The van der Waals surface area contributed by atoms with E-state index < -0.39 is 4.92 Å². The van der Waals surface area contributed by atoms with Crippen LogP contribution in [0.15, 0.2) is 42.5 Å². The summed E-state index contributed by atoms with van der Waals surface area (Å²) in [5, 5.41) is 13.6. The molecule has 2 rings (SSSR count). The zero-order valence-electron chi connectivity index (χ0n) is 14.1. The van der Waals surface area contributed by atoms with Crippen LogP contribution in [0.1, 0.15) is 16.7 Å². The monoisotopic (exact) mass is 328 g/mol. The first-order valence-corrected chi connectivity index (χ1v) is 7.77. The minimum Gasteiger partial charge on any atom is -0.326 e. The summed E-state index contributed by atoms with van der Waals surface area (Å²) in [6, 6.07) is 12.5. The van der Waals surface area contributed by atoms with Gasteiger partial charge in [0.15, 0.2) is 6.54 Å². The van der Waals surface area contributed by atoms with Crippen LogP contribution < -0.4 is 10.2 Å². The normalized spacial score (nSPS) is 11.8. The van der Waals surface area contributed by atoms with Crippen molar-refractivity contribution in [2.45, 2.75) is 20.4 Å². The molecule has 0 aliphatic rings. The third kappa shape index (κ3) is 4.63. The number of hydrogen-bond acceptors (Lipinski definition) is 3. The van der Waals surface area contributed by atoms with Gasteiger partial charge in [-0.3, -0.25) is 14.9 Å². The van der Waals surface area contributed by atoms with Gasteiger partial charge >= 0.3 is 0 Å². The lowest BCUT2D eigenvalue weighted by atomic mass is 10.1. The summed E-state index contributed by atoms with van der Waals surface area (Å²) in [4.78, 5) is 23.7. The zero-order valence-corrected chi connectivity index (χ0v) is 14.1. The summed E-state index contributed by atoms with van der Waals surface area (Å²) in [5.74, 6) is -0.162. The first-order chi connectivity index (χ1) is 11.4. The molecule has 2 aromatic carbocycles. The number of likely N-dealkylation sites (N-methyl/N-ethyl adjacent to an activating group) is 1. The van der Waals surface area contributed by atoms with Crippen molar-refractivity contribution in [3.05, 3.63) is 69.3 Å². The van der Waals surface area contributed by atoms with E-state index in [4.69, 9.17) is 0 Å². The van der Waals surface area contributed by atoms with E-state index in [0.29, 0.717) is 5.69 Å². The number of amides is 1. The molecule has 1 atom stereocenters. The van der Waals surface area contributed by atoms with Crippen LogP contribution in [-0.2, 0) is 11.3 Å². The number of nitrogens with zero attached hydrogens (tertiary/aromatic N) is 1. The van der Waals surface area contributed by atoms with E-state index in [9.17, 15) is 14.9 Å². The summed E-state index contributed by atoms with van der Waals surface area (Å²) in [5.41, 5.74) is 3.65. The molecule has 0 spiro atoms. The maximum absolute atomic E-state index is 12.2. The molecule has 0 saturated heterocycles. The SMILES string of the molecule is Cc1ccccc1C[NH+](C)CC(=O)Nc1cc([N+](=O)[O-])ccc1C. The maximum Gasteiger partial charge on any atom is 0.279 e. The van der Waals surface area contributed by atoms with Crippen molar-refractivity contribution in [3.8, 4) is 0 Å². The number of nitrogens with one attached hydrogen (secondary N) is 2. The Morgan fingerprint density at radius 3 is 2.54 bits per heavy atom. The number of quaternary nitrogens is 1. The molecule has 1 unspecified atom stereocenters. The molecule has 0 radical (unpaired) electrons. The molecule has 0 aliphatic carbocycles. The second-order valence-corrected chi connectivity index (χ2v) is 6.04. The highest BCUT2D eigenvalue weighted by Gasteiger charge is 2.15. The molecule has 0 aromatic heterocycles. The van der Waals surface area contributed by atoms with Gasteiger partial charge in [0.1, 0.15) is 6.54 Å². The predicted molar refractivity (Wildman–Crippen MR) is 93.1 cm³/mol. The van der Waals surface area contributed by atoms with Gasteiger partial charge in [-0.05, 0) is 25.0 Å². The molecule has 126 valence electrons. The lowest BCUT2D eigenvalue weighted by Crippen LogP contribution is -3.08. The van der Waals surface area contributed by atoms with Gasteiger partial charge in [-0.25, -0.2) is 0 Å². The van der Waals surface area contributed by atoms with Crippen molar-refractivity contribution in [3.63, 3.8) is 0 Å². The fourth-order valence-electron chi connectivity index (χ4n) is 2.52. The minimum absolute atomic E-state index is 0.0310. The maximum atomic E-state index is 12.2. The Bertz CT molecular complexity index is 759. The van der Waals surface area contributed by atoms with Gasteiger partial charge in [0, 0.05) is 17.7 Å². The van der Waals surface area contributed by atoms with Crippen LogP contribution in [0.3, 0.4) is 0 Å². The fraction of sp³-hybridized carbons (Fsp3) is 0.278. The van der Waals surface area contributed by atoms with E-state index in [2.05, 4.69) is 24.4 Å². The Morgan fingerprint density at radius 1 is 1.17 bits per heavy atom. The van der Waals surface area contributed by atoms with Gasteiger partial charge in [0.05, 0.1) is 17.7 Å². The molecule has 2 aromatic rings. The van der Waals surface area contributed by atoms with Crippen molar-refractivity contribution in [2.24, 2.45) is 0 Å². The molecule has 0 saturated carbocycles. The van der Waals surface area contributed by atoms with E-state index in [-0.39, 0.29) is 18.1 Å². The van der Waals surface area contributed by atoms with Gasteiger partial charge in [0.2, 0.25) is 0 Å². The third-order valence-corrected chi connectivity index (χ3v) is 3.92. The molecule has 0 aliphatic heterocycles. The molecule has 1 amide bonds. The number of carbonyl (C=O) groups is 1. The topological polar surface area (TPSA) is 76.7 Å². The second-order valence-electron chi connectivity index (χ2n) is 6.04. The van der Waals surface area contributed by atoms with Crippen molar-refractivity contribution in [1.82, 2.24) is 0 Å². The van der Waals surface area contributed by atoms with E-state index in [1.165, 1.54) is 23.3 Å². The molecule has 0 heterocycles. The fourth-order valence-corrected chi connectivity index (χ4v) is 2.52. The average molecular weight is 328 g/mol. The lowest BCUT2D eigenvalue weighted by Gasteiger charge is -2.15. The number of carbonyl (C=O) groups excluding carboxylic acids is 1. The van der Waals surface area contributed by atoms with Crippen LogP contribution in [-0.4, -0.2) is 24.4 Å². The van der Waals surface area contributed by atoms with E-state index >= 15 is 0 Å². The van der Waals surface area contributed by atoms with Crippen molar-refractivity contribution in [1.29, 1.82) is 0 Å². The van der Waals surface area contributed by atoms with Gasteiger partial charge < -0.3 is 10.2 Å². The Kier molecular flexibility index (Phi) is 5.65. The molecule has 0 fully saturated rings. The molecular weight excluding hydrogens is 306 g/mol. The standard InChI is InChI=1S/C18H21N3O3/c1-13-6-4-5-7-15(13)11-20(3)12-18(22)19-17-10-16(21(23)24)9-8-14(17)2/h4-10H,11-12H2,1-3H3,(H,19,22)/p+1. The Hall–Kier alpha value is -2.73. The smallest absolute Gasteiger partial charge is 0.279 e. The quantitative estimate of drug-likeness (QED) is 0.628. The highest BCUT2D eigenvalue weighted by molar-refractivity contribution is 5.92. The Labute approximate surface area is 141 Å². The average Bonchev–Trinajstić information content (AvgIpc) is 2.51. The molecule has 2 N–H and O–H groups in total. The van der Waals surface area contributed by atoms with Crippen molar-refractivity contribution in [2.75, 3.05) is 18.9 Å². The number of benzene rings is 2. The molecule has 6 heteroatoms. The van der Waals surface area contributed by atoms with Gasteiger partial charge in [-0.2, -0.15) is 0 Å². The zero-order chi connectivity index (χ0) is 17.7. The first-order valence-electron chi connectivity index (χ1n) is 7.77. The summed E-state index contributed by atoms with van der Waals surface area (Å²) in [6.45, 7) is 4.89. The highest BCUT2D eigenvalue weighted by Crippen LogP contribution is 2.21. The lowest BCUT2D eigenvalue weighted by molar-refractivity contribution is -0.885. The molecule has 0 bridgehead atoms. The van der Waals surface area contributed by atoms with E-state index in [0.717, 1.165) is 17.0 Å². The number of hydrogen-bond donors (Lipinski definition) is 2. The number of nitro groups is 1. The number of aryl methyl sites for hydroxylation is 2. The van der Waals surface area contributed by atoms with Crippen molar-refractivity contribution < 1.29 is 14.6 Å². The van der Waals surface area contributed by atoms with Crippen LogP contribution >= 0.6 is 0 Å². The van der Waals surface area contributed by atoms with E-state index in [1.807, 2.05) is 26.1 Å². The molecular formula is C18H22N3O3+. The highest BCUT2D eigenvalue weighted by atomic mass is 16.6. The molecule has 6 nitrogen and oxygen atoms in total. The second kappa shape index (κ2) is 7.70. The summed E-state index contributed by atoms with van der Waals surface area (Å²) >= 11 is 0. The van der Waals surface area contributed by atoms with Crippen LogP contribution in [0.4, 0.5) is 11.4 Å². The third-order valence-electron chi connectivity index (χ3n) is 3.92. The van der Waals surface area contributed by atoms with Gasteiger partial charge in [0.25, 0.3) is 11.6 Å². The van der Waals surface area contributed by atoms with Crippen LogP contribution in [0, 0.1) is 24.0 Å². The summed E-state index contributed by atoms with van der Waals surface area (Å²) in [6.07, 6.45) is 0. The number of anilines is 1. The van der Waals surface area contributed by atoms with Gasteiger partial charge in [-0.1, -0.05) is 30.3 Å². The number of non-ortho nitro benzene ring substituents is 1. The molecule has 24 heavy (non-hydrogen) atoms. The van der Waals surface area contributed by atoms with Crippen LogP contribution in [0.25, 0.3) is 0 Å². The first kappa shape index (κ1) is 17.6. The van der Waals surface area contributed by atoms with Crippen molar-refractivity contribution >= 4 is 17.3 Å². The van der Waals surface area contributed by atoms with Crippen LogP contribution in [0.2, 0.25) is 0 Å². The minimum atomic E-state index is -0.468. The predicted octanol–water partition coefficient (Wildman–Crippen LogP) is 1.87. The summed E-state index contributed by atoms with van der Waals surface area (Å²) < 4.78 is 0. The Balaban J connectivity index is 1.99. The Morgan fingerprint density at radius 2 is 1.88 bits per heavy atom. The summed E-state index contributed by atoms with van der Waals surface area (Å²) in [7, 11) is 1.95.